The third-order valence-electron chi connectivity index (χ3n) is 8.03. The molecule has 1 saturated heterocycles. The maximum absolute atomic E-state index is 13.6. The zero-order chi connectivity index (χ0) is 25.8. The lowest BCUT2D eigenvalue weighted by Gasteiger charge is -2.48. The molecule has 190 valence electrons. The third kappa shape index (κ3) is 3.65. The van der Waals surface area contributed by atoms with Crippen molar-refractivity contribution in [3.63, 3.8) is 0 Å². The van der Waals surface area contributed by atoms with Crippen LogP contribution in [0.15, 0.2) is 18.6 Å². The maximum Gasteiger partial charge on any atom is 0.252 e. The lowest BCUT2D eigenvalue weighted by Crippen LogP contribution is -2.61. The molecule has 4 heterocycles. The average Bonchev–Trinajstić information content (AvgIpc) is 3.21. The number of hydrogen-bond acceptors (Lipinski definition) is 8. The second kappa shape index (κ2) is 8.61. The van der Waals surface area contributed by atoms with Gasteiger partial charge >= 0.3 is 0 Å². The van der Waals surface area contributed by atoms with Crippen LogP contribution in [0.3, 0.4) is 0 Å². The monoisotopic (exact) mass is 496 g/mol. The summed E-state index contributed by atoms with van der Waals surface area (Å²) in [6.45, 7) is 8.01. The van der Waals surface area contributed by atoms with E-state index in [1.807, 2.05) is 18.7 Å². The Hall–Kier alpha value is -3.42. The maximum atomic E-state index is 13.6. The van der Waals surface area contributed by atoms with Gasteiger partial charge in [0.2, 0.25) is 5.91 Å². The zero-order valence-electron chi connectivity index (χ0n) is 20.9. The first-order valence-corrected chi connectivity index (χ1v) is 12.3. The topological polar surface area (TPSA) is 102 Å². The molecule has 2 aromatic heterocycles. The summed E-state index contributed by atoms with van der Waals surface area (Å²) in [7, 11) is 0. The number of anilines is 3. The summed E-state index contributed by atoms with van der Waals surface area (Å²) in [5, 5.41) is 17.6. The molecule has 0 bridgehead atoms. The highest BCUT2D eigenvalue weighted by Crippen LogP contribution is 2.56. The molecule has 5 rings (SSSR count). The molecule has 3 aliphatic rings. The summed E-state index contributed by atoms with van der Waals surface area (Å²) in [5.74, 6) is 1.64. The van der Waals surface area contributed by atoms with Crippen LogP contribution in [-0.2, 0) is 10.2 Å². The van der Waals surface area contributed by atoms with Crippen molar-refractivity contribution in [1.29, 1.82) is 5.26 Å². The minimum atomic E-state index is -2.73. The van der Waals surface area contributed by atoms with Gasteiger partial charge in [0.25, 0.3) is 6.43 Å². The molecule has 2 aromatic rings. The number of halogens is 2. The number of nitriles is 1. The van der Waals surface area contributed by atoms with Crippen molar-refractivity contribution in [2.75, 3.05) is 29.4 Å². The Morgan fingerprint density at radius 2 is 1.92 bits per heavy atom. The van der Waals surface area contributed by atoms with Crippen LogP contribution in [0.1, 0.15) is 58.1 Å². The van der Waals surface area contributed by atoms with Gasteiger partial charge in [-0.2, -0.15) is 10.4 Å². The first-order valence-electron chi connectivity index (χ1n) is 12.3. The first-order chi connectivity index (χ1) is 17.1. The van der Waals surface area contributed by atoms with Crippen molar-refractivity contribution in [2.24, 2.45) is 5.41 Å². The molecule has 0 aromatic carbocycles. The first kappa shape index (κ1) is 24.3. The van der Waals surface area contributed by atoms with Crippen LogP contribution in [0.2, 0.25) is 0 Å². The number of piperazine rings is 1. The SMILES string of the molecule is C[C@@H]1CN(c2ncnc3c2C2(CCC2)CN3c2cc(C#N)cnn2)[C@@H](C)CN1C(=O)C(C)(C)C(F)F. The van der Waals surface area contributed by atoms with Crippen molar-refractivity contribution >= 4 is 23.4 Å². The smallest absolute Gasteiger partial charge is 0.252 e. The van der Waals surface area contributed by atoms with E-state index in [0.29, 0.717) is 31.0 Å². The predicted molar refractivity (Wildman–Crippen MR) is 129 cm³/mol. The fraction of sp³-hybridized carbons (Fsp3) is 0.600. The van der Waals surface area contributed by atoms with E-state index >= 15 is 0 Å². The van der Waals surface area contributed by atoms with Crippen LogP contribution in [-0.4, -0.2) is 69.1 Å². The Morgan fingerprint density at radius 3 is 2.56 bits per heavy atom. The van der Waals surface area contributed by atoms with Gasteiger partial charge in [0.15, 0.2) is 5.82 Å². The number of alkyl halides is 2. The van der Waals surface area contributed by atoms with E-state index in [2.05, 4.69) is 26.2 Å². The quantitative estimate of drug-likeness (QED) is 0.635. The molecule has 1 spiro atoms. The van der Waals surface area contributed by atoms with Gasteiger partial charge in [-0.25, -0.2) is 18.7 Å². The van der Waals surface area contributed by atoms with Crippen molar-refractivity contribution < 1.29 is 13.6 Å². The van der Waals surface area contributed by atoms with Gasteiger partial charge in [0, 0.05) is 48.8 Å². The van der Waals surface area contributed by atoms with Gasteiger partial charge in [-0.3, -0.25) is 4.79 Å². The summed E-state index contributed by atoms with van der Waals surface area (Å²) in [4.78, 5) is 28.2. The van der Waals surface area contributed by atoms with Gasteiger partial charge in [-0.1, -0.05) is 6.42 Å². The molecule has 0 unspecified atom stereocenters. The number of rotatable bonds is 4. The Bertz CT molecular complexity index is 1220. The fourth-order valence-electron chi connectivity index (χ4n) is 5.64. The summed E-state index contributed by atoms with van der Waals surface area (Å²) >= 11 is 0. The molecule has 36 heavy (non-hydrogen) atoms. The molecule has 1 saturated carbocycles. The normalized spacial score (nSPS) is 23.0. The molecule has 2 atom stereocenters. The van der Waals surface area contributed by atoms with E-state index in [1.165, 1.54) is 26.4 Å². The fourth-order valence-corrected chi connectivity index (χ4v) is 5.64. The number of carbonyl (C=O) groups excluding carboxylic acids is 1. The molecule has 0 N–H and O–H groups in total. The van der Waals surface area contributed by atoms with Crippen molar-refractivity contribution in [2.45, 2.75) is 70.9 Å². The molecule has 0 radical (unpaired) electrons. The molecule has 2 fully saturated rings. The van der Waals surface area contributed by atoms with Crippen LogP contribution in [0.25, 0.3) is 0 Å². The Labute approximate surface area is 209 Å². The van der Waals surface area contributed by atoms with Crippen LogP contribution < -0.4 is 9.80 Å². The number of fused-ring (bicyclic) bond motifs is 2. The molecular weight excluding hydrogens is 466 g/mol. The Morgan fingerprint density at radius 1 is 1.19 bits per heavy atom. The van der Waals surface area contributed by atoms with Gasteiger partial charge in [-0.05, 0) is 40.5 Å². The van der Waals surface area contributed by atoms with E-state index in [0.717, 1.165) is 36.5 Å². The number of amides is 1. The highest BCUT2D eigenvalue weighted by atomic mass is 19.3. The lowest BCUT2D eigenvalue weighted by molar-refractivity contribution is -0.152. The highest BCUT2D eigenvalue weighted by Gasteiger charge is 2.52. The van der Waals surface area contributed by atoms with Crippen LogP contribution in [0.4, 0.5) is 26.2 Å². The zero-order valence-corrected chi connectivity index (χ0v) is 20.9. The second-order valence-electron chi connectivity index (χ2n) is 10.9. The van der Waals surface area contributed by atoms with Crippen LogP contribution in [0, 0.1) is 16.7 Å². The van der Waals surface area contributed by atoms with Gasteiger partial charge in [-0.15, -0.1) is 5.10 Å². The van der Waals surface area contributed by atoms with Crippen molar-refractivity contribution in [1.82, 2.24) is 25.1 Å². The molecule has 2 aliphatic heterocycles. The van der Waals surface area contributed by atoms with E-state index in [1.54, 1.807) is 11.0 Å². The minimum Gasteiger partial charge on any atom is -0.350 e. The van der Waals surface area contributed by atoms with Crippen LogP contribution >= 0.6 is 0 Å². The number of nitrogens with zero attached hydrogens (tertiary/aromatic N) is 8. The summed E-state index contributed by atoms with van der Waals surface area (Å²) in [6, 6.07) is 3.46. The van der Waals surface area contributed by atoms with Crippen LogP contribution in [0.5, 0.6) is 0 Å². The van der Waals surface area contributed by atoms with Gasteiger partial charge in [0.1, 0.15) is 29.4 Å². The standard InChI is InChI=1S/C25H30F2N8O/c1-15-12-34(23(36)24(3,4)22(26)27)16(2)11-33(15)20-19-21(30-14-29-20)35(13-25(19)6-5-7-25)18-8-17(9-28)10-31-32-18/h8,10,14-16,22H,5-7,11-13H2,1-4H3/t15-,16+/m0/s1. The van der Waals surface area contributed by atoms with Gasteiger partial charge in [0.05, 0.1) is 11.8 Å². The van der Waals surface area contributed by atoms with E-state index in [-0.39, 0.29) is 17.5 Å². The molecular formula is C25H30F2N8O. The molecule has 1 aliphatic carbocycles. The Balaban J connectivity index is 1.50. The molecule has 9 nitrogen and oxygen atoms in total. The number of carbonyl (C=O) groups is 1. The predicted octanol–water partition coefficient (Wildman–Crippen LogP) is 3.43. The summed E-state index contributed by atoms with van der Waals surface area (Å²) in [5.41, 5.74) is -0.362. The van der Waals surface area contributed by atoms with Crippen molar-refractivity contribution in [3.8, 4) is 6.07 Å². The summed E-state index contributed by atoms with van der Waals surface area (Å²) < 4.78 is 27.2. The minimum absolute atomic E-state index is 0.120. The number of aromatic nitrogens is 4. The summed E-state index contributed by atoms with van der Waals surface area (Å²) in [6.07, 6.45) is 3.32. The number of hydrogen-bond donors (Lipinski definition) is 0. The van der Waals surface area contributed by atoms with Crippen molar-refractivity contribution in [3.05, 3.63) is 29.7 Å². The molecule has 1 amide bonds. The van der Waals surface area contributed by atoms with E-state index in [4.69, 9.17) is 4.98 Å². The largest absolute Gasteiger partial charge is 0.350 e. The molecule has 11 heteroatoms. The highest BCUT2D eigenvalue weighted by molar-refractivity contribution is 5.83. The second-order valence-corrected chi connectivity index (χ2v) is 10.9. The lowest BCUT2D eigenvalue weighted by atomic mass is 9.66. The van der Waals surface area contributed by atoms with Gasteiger partial charge < -0.3 is 14.7 Å². The third-order valence-corrected chi connectivity index (χ3v) is 8.03. The van der Waals surface area contributed by atoms with E-state index in [9.17, 15) is 18.8 Å². The Kier molecular flexibility index (Phi) is 5.80. The average molecular weight is 497 g/mol. The van der Waals surface area contributed by atoms with E-state index < -0.39 is 17.7 Å².